The second-order valence-electron chi connectivity index (χ2n) is 6.93. The molecule has 0 aliphatic carbocycles. The molecule has 0 atom stereocenters. The number of amides is 2. The number of hydrogen-bond donors (Lipinski definition) is 2. The highest BCUT2D eigenvalue weighted by Gasteiger charge is 2.16. The molecule has 0 aliphatic heterocycles. The van der Waals surface area contributed by atoms with Gasteiger partial charge >= 0.3 is 12.1 Å². The smallest absolute Gasteiger partial charge is 0.412 e. The predicted octanol–water partition coefficient (Wildman–Crippen LogP) is 4.34. The summed E-state index contributed by atoms with van der Waals surface area (Å²) >= 11 is 0. The summed E-state index contributed by atoms with van der Waals surface area (Å²) in [4.78, 5) is 32.4. The maximum Gasteiger partial charge on any atom is 0.412 e. The van der Waals surface area contributed by atoms with Gasteiger partial charge in [-0.05, 0) is 45.0 Å². The van der Waals surface area contributed by atoms with Crippen LogP contribution in [0.1, 0.15) is 31.1 Å². The van der Waals surface area contributed by atoms with E-state index in [9.17, 15) is 9.59 Å². The number of nitrogens with one attached hydrogen (secondary N) is 2. The number of ether oxygens (including phenoxy) is 1. The number of benzene rings is 1. The van der Waals surface area contributed by atoms with Gasteiger partial charge in [0.15, 0.2) is 0 Å². The van der Waals surface area contributed by atoms with Crippen LogP contribution >= 0.6 is 0 Å². The van der Waals surface area contributed by atoms with Gasteiger partial charge in [-0.1, -0.05) is 12.1 Å². The summed E-state index contributed by atoms with van der Waals surface area (Å²) in [6.45, 7) is 5.38. The molecule has 28 heavy (non-hydrogen) atoms. The quantitative estimate of drug-likeness (QED) is 0.697. The molecule has 0 radical (unpaired) electrons. The molecule has 0 unspecified atom stereocenters. The van der Waals surface area contributed by atoms with E-state index in [1.165, 1.54) is 18.7 Å². The third kappa shape index (κ3) is 5.16. The van der Waals surface area contributed by atoms with Crippen LogP contribution in [-0.2, 0) is 4.74 Å². The SMILES string of the molecule is CC(C)(C)OC(=O)Nc1cccc(-c2cc(C(=O)Nc3ncco3)ccn2)c1. The minimum Gasteiger partial charge on any atom is -0.444 e. The highest BCUT2D eigenvalue weighted by molar-refractivity contribution is 6.03. The predicted molar refractivity (Wildman–Crippen MR) is 104 cm³/mol. The summed E-state index contributed by atoms with van der Waals surface area (Å²) in [5.74, 6) is -0.367. The molecule has 0 bridgehead atoms. The molecule has 0 aliphatic rings. The Bertz CT molecular complexity index is 978. The first-order chi connectivity index (χ1) is 13.3. The Hall–Kier alpha value is -3.68. The van der Waals surface area contributed by atoms with Crippen molar-refractivity contribution >= 4 is 23.7 Å². The van der Waals surface area contributed by atoms with Gasteiger partial charge in [0.05, 0.1) is 11.9 Å². The topological polar surface area (TPSA) is 106 Å². The van der Waals surface area contributed by atoms with Crippen LogP contribution in [0.4, 0.5) is 16.5 Å². The molecule has 3 aromatic rings. The van der Waals surface area contributed by atoms with Crippen molar-refractivity contribution in [2.45, 2.75) is 26.4 Å². The van der Waals surface area contributed by atoms with Crippen molar-refractivity contribution in [3.8, 4) is 11.3 Å². The Balaban J connectivity index is 1.76. The Kier molecular flexibility index (Phi) is 5.39. The lowest BCUT2D eigenvalue weighted by Gasteiger charge is -2.19. The molecule has 0 spiro atoms. The van der Waals surface area contributed by atoms with Crippen LogP contribution in [0.3, 0.4) is 0 Å². The van der Waals surface area contributed by atoms with Crippen LogP contribution in [0.15, 0.2) is 59.5 Å². The molecule has 1 aromatic carbocycles. The summed E-state index contributed by atoms with van der Waals surface area (Å²) in [6.07, 6.45) is 3.80. The van der Waals surface area contributed by atoms with Gasteiger partial charge in [-0.3, -0.25) is 20.4 Å². The van der Waals surface area contributed by atoms with Gasteiger partial charge in [0.2, 0.25) is 0 Å². The van der Waals surface area contributed by atoms with Crippen molar-refractivity contribution in [3.63, 3.8) is 0 Å². The molecule has 3 rings (SSSR count). The molecule has 0 fully saturated rings. The van der Waals surface area contributed by atoms with Crippen LogP contribution in [0.5, 0.6) is 0 Å². The number of rotatable bonds is 4. The normalized spacial score (nSPS) is 11.0. The van der Waals surface area contributed by atoms with E-state index in [1.807, 2.05) is 6.07 Å². The Labute approximate surface area is 162 Å². The van der Waals surface area contributed by atoms with Crippen molar-refractivity contribution in [2.75, 3.05) is 10.6 Å². The summed E-state index contributed by atoms with van der Waals surface area (Å²) < 4.78 is 10.3. The van der Waals surface area contributed by atoms with Gasteiger partial charge in [-0.2, -0.15) is 0 Å². The van der Waals surface area contributed by atoms with Gasteiger partial charge in [-0.25, -0.2) is 9.78 Å². The number of hydrogen-bond acceptors (Lipinski definition) is 6. The highest BCUT2D eigenvalue weighted by Crippen LogP contribution is 2.22. The molecular weight excluding hydrogens is 360 g/mol. The van der Waals surface area contributed by atoms with Gasteiger partial charge in [0.1, 0.15) is 11.9 Å². The summed E-state index contributed by atoms with van der Waals surface area (Å²) in [6, 6.07) is 10.5. The first kappa shape index (κ1) is 19.1. The van der Waals surface area contributed by atoms with E-state index in [0.29, 0.717) is 16.9 Å². The largest absolute Gasteiger partial charge is 0.444 e. The molecule has 8 nitrogen and oxygen atoms in total. The minimum atomic E-state index is -0.589. The molecule has 2 aromatic heterocycles. The second kappa shape index (κ2) is 7.91. The first-order valence-corrected chi connectivity index (χ1v) is 8.57. The maximum atomic E-state index is 12.3. The van der Waals surface area contributed by atoms with Crippen molar-refractivity contribution in [2.24, 2.45) is 0 Å². The number of anilines is 2. The molecular formula is C20H20N4O4. The highest BCUT2D eigenvalue weighted by atomic mass is 16.6. The third-order valence-electron chi connectivity index (χ3n) is 3.48. The van der Waals surface area contributed by atoms with E-state index in [1.54, 1.807) is 51.1 Å². The lowest BCUT2D eigenvalue weighted by atomic mass is 10.1. The van der Waals surface area contributed by atoms with Crippen LogP contribution < -0.4 is 10.6 Å². The number of aromatic nitrogens is 2. The molecule has 0 saturated heterocycles. The van der Waals surface area contributed by atoms with E-state index in [-0.39, 0.29) is 11.9 Å². The Morgan fingerprint density at radius 2 is 1.86 bits per heavy atom. The van der Waals surface area contributed by atoms with E-state index in [2.05, 4.69) is 20.6 Å². The number of oxazole rings is 1. The summed E-state index contributed by atoms with van der Waals surface area (Å²) in [5, 5.41) is 5.24. The number of carbonyl (C=O) groups excluding carboxylic acids is 2. The lowest BCUT2D eigenvalue weighted by molar-refractivity contribution is 0.0635. The molecule has 144 valence electrons. The molecule has 8 heteroatoms. The average Bonchev–Trinajstić information content (AvgIpc) is 3.13. The van der Waals surface area contributed by atoms with Crippen LogP contribution in [0.2, 0.25) is 0 Å². The zero-order valence-corrected chi connectivity index (χ0v) is 15.7. The molecule has 2 heterocycles. The van der Waals surface area contributed by atoms with E-state index >= 15 is 0 Å². The van der Waals surface area contributed by atoms with Crippen molar-refractivity contribution in [1.82, 2.24) is 9.97 Å². The number of nitrogens with zero attached hydrogens (tertiary/aromatic N) is 2. The molecule has 0 saturated carbocycles. The third-order valence-corrected chi connectivity index (χ3v) is 3.48. The van der Waals surface area contributed by atoms with Crippen molar-refractivity contribution in [3.05, 3.63) is 60.6 Å². The zero-order valence-electron chi connectivity index (χ0n) is 15.7. The van der Waals surface area contributed by atoms with Gasteiger partial charge < -0.3 is 9.15 Å². The summed E-state index contributed by atoms with van der Waals surface area (Å²) in [5.41, 5.74) is 1.68. The molecule has 2 N–H and O–H groups in total. The van der Waals surface area contributed by atoms with Crippen LogP contribution in [-0.4, -0.2) is 27.6 Å². The van der Waals surface area contributed by atoms with Crippen LogP contribution in [0.25, 0.3) is 11.3 Å². The van der Waals surface area contributed by atoms with E-state index in [4.69, 9.17) is 9.15 Å². The van der Waals surface area contributed by atoms with Crippen molar-refractivity contribution < 1.29 is 18.7 Å². The zero-order chi connectivity index (χ0) is 20.1. The fraction of sp³-hybridized carbons (Fsp3) is 0.200. The average molecular weight is 380 g/mol. The van der Waals surface area contributed by atoms with E-state index in [0.717, 1.165) is 5.56 Å². The fourth-order valence-electron chi connectivity index (χ4n) is 2.36. The number of carbonyl (C=O) groups is 2. The Morgan fingerprint density at radius 3 is 2.57 bits per heavy atom. The van der Waals surface area contributed by atoms with Crippen LogP contribution in [0, 0.1) is 0 Å². The van der Waals surface area contributed by atoms with Gasteiger partial charge in [0.25, 0.3) is 5.91 Å². The number of pyridine rings is 1. The second-order valence-corrected chi connectivity index (χ2v) is 6.93. The standard InChI is InChI=1S/C20H20N4O4/c1-20(2,3)28-19(26)23-15-6-4-5-13(11-15)16-12-14(7-8-21-16)17(25)24-18-22-9-10-27-18/h4-12H,1-3H3,(H,23,26)(H,22,24,25). The monoisotopic (exact) mass is 380 g/mol. The van der Waals surface area contributed by atoms with Gasteiger partial charge in [-0.15, -0.1) is 0 Å². The Morgan fingerprint density at radius 1 is 1.04 bits per heavy atom. The van der Waals surface area contributed by atoms with Gasteiger partial charge in [0, 0.05) is 23.0 Å². The molecule has 2 amide bonds. The fourth-order valence-corrected chi connectivity index (χ4v) is 2.36. The van der Waals surface area contributed by atoms with E-state index < -0.39 is 11.7 Å². The first-order valence-electron chi connectivity index (χ1n) is 8.57. The summed E-state index contributed by atoms with van der Waals surface area (Å²) in [7, 11) is 0. The minimum absolute atomic E-state index is 0.118. The lowest BCUT2D eigenvalue weighted by Crippen LogP contribution is -2.27. The maximum absolute atomic E-state index is 12.3. The van der Waals surface area contributed by atoms with Crippen molar-refractivity contribution in [1.29, 1.82) is 0 Å².